The Balaban J connectivity index is 0.00000450. The molecule has 2 aromatic rings. The lowest BCUT2D eigenvalue weighted by Crippen LogP contribution is -2.33. The average molecular weight is 549 g/mol. The molecule has 0 aliphatic carbocycles. The number of ether oxygens (including phenoxy) is 1. The van der Waals surface area contributed by atoms with Gasteiger partial charge in [-0.15, -0.1) is 24.0 Å². The van der Waals surface area contributed by atoms with Crippen molar-refractivity contribution in [1.82, 2.24) is 5.32 Å². The first-order valence-electron chi connectivity index (χ1n) is 9.45. The molecule has 2 aromatic carbocycles. The van der Waals surface area contributed by atoms with Crippen molar-refractivity contribution < 1.29 is 17.5 Å². The normalized spacial score (nSPS) is 11.7. The van der Waals surface area contributed by atoms with Gasteiger partial charge in [0.05, 0.1) is 18.4 Å². The van der Waals surface area contributed by atoms with Gasteiger partial charge >= 0.3 is 0 Å². The van der Waals surface area contributed by atoms with Crippen molar-refractivity contribution in [2.24, 2.45) is 4.99 Å². The van der Waals surface area contributed by atoms with E-state index >= 15 is 0 Å². The molecular formula is C21H29FIN3O3S. The Morgan fingerprint density at radius 3 is 2.47 bits per heavy atom. The zero-order valence-electron chi connectivity index (χ0n) is 17.4. The third kappa shape index (κ3) is 10.8. The van der Waals surface area contributed by atoms with Gasteiger partial charge in [0.1, 0.15) is 21.4 Å². The fourth-order valence-electron chi connectivity index (χ4n) is 2.51. The number of rotatable bonds is 9. The van der Waals surface area contributed by atoms with Gasteiger partial charge in [-0.3, -0.25) is 4.99 Å². The van der Waals surface area contributed by atoms with E-state index in [0.29, 0.717) is 18.9 Å². The molecule has 0 heterocycles. The van der Waals surface area contributed by atoms with Gasteiger partial charge in [0.25, 0.3) is 0 Å². The van der Waals surface area contributed by atoms with Crippen molar-refractivity contribution in [3.05, 3.63) is 59.9 Å². The van der Waals surface area contributed by atoms with E-state index < -0.39 is 9.84 Å². The first kappa shape index (κ1) is 26.2. The van der Waals surface area contributed by atoms with Crippen molar-refractivity contribution in [1.29, 1.82) is 0 Å². The van der Waals surface area contributed by atoms with Crippen LogP contribution in [-0.4, -0.2) is 45.6 Å². The highest BCUT2D eigenvalue weighted by atomic mass is 127. The lowest BCUT2D eigenvalue weighted by atomic mass is 10.1. The van der Waals surface area contributed by atoms with E-state index in [9.17, 15) is 12.8 Å². The quantitative estimate of drug-likeness (QED) is 0.282. The van der Waals surface area contributed by atoms with E-state index in [2.05, 4.69) is 15.6 Å². The van der Waals surface area contributed by atoms with Crippen LogP contribution in [0, 0.1) is 5.82 Å². The first-order chi connectivity index (χ1) is 13.7. The lowest BCUT2D eigenvalue weighted by Gasteiger charge is -2.14. The van der Waals surface area contributed by atoms with Crippen LogP contribution in [0.2, 0.25) is 0 Å². The van der Waals surface area contributed by atoms with Crippen LogP contribution in [0.4, 0.5) is 10.1 Å². The second-order valence-electron chi connectivity index (χ2n) is 6.98. The van der Waals surface area contributed by atoms with Crippen LogP contribution in [-0.2, 0) is 16.3 Å². The Labute approximate surface area is 195 Å². The number of hydrogen-bond acceptors (Lipinski definition) is 4. The van der Waals surface area contributed by atoms with E-state index in [1.165, 1.54) is 18.4 Å². The molecule has 0 spiro atoms. The minimum Gasteiger partial charge on any atom is -0.491 e. The minimum atomic E-state index is -3.10. The Morgan fingerprint density at radius 1 is 1.17 bits per heavy atom. The molecule has 2 N–H and O–H groups in total. The number of guanidine groups is 1. The minimum absolute atomic E-state index is 0. The molecule has 0 amide bonds. The van der Waals surface area contributed by atoms with E-state index in [0.717, 1.165) is 17.0 Å². The summed E-state index contributed by atoms with van der Waals surface area (Å²) in [5.74, 6) is 0.916. The van der Waals surface area contributed by atoms with Crippen molar-refractivity contribution >= 4 is 45.5 Å². The number of nitrogens with zero attached hydrogens (tertiary/aromatic N) is 1. The number of aliphatic imine (C=N–C) groups is 1. The fourth-order valence-corrected chi connectivity index (χ4v) is 2.93. The third-order valence-corrected chi connectivity index (χ3v) is 4.74. The number of sulfone groups is 1. The Kier molecular flexibility index (Phi) is 11.1. The van der Waals surface area contributed by atoms with Crippen LogP contribution in [0.25, 0.3) is 0 Å². The summed E-state index contributed by atoms with van der Waals surface area (Å²) < 4.78 is 41.7. The average Bonchev–Trinajstić information content (AvgIpc) is 2.62. The van der Waals surface area contributed by atoms with Crippen LogP contribution in [0.15, 0.2) is 53.5 Å². The van der Waals surface area contributed by atoms with Gasteiger partial charge in [0, 0.05) is 18.5 Å². The molecule has 9 heteroatoms. The predicted octanol–water partition coefficient (Wildman–Crippen LogP) is 3.88. The van der Waals surface area contributed by atoms with Crippen molar-refractivity contribution in [2.75, 3.05) is 30.4 Å². The summed E-state index contributed by atoms with van der Waals surface area (Å²) in [4.78, 5) is 4.33. The highest BCUT2D eigenvalue weighted by Gasteiger charge is 2.05. The molecule has 166 valence electrons. The third-order valence-electron chi connectivity index (χ3n) is 3.82. The van der Waals surface area contributed by atoms with E-state index in [-0.39, 0.29) is 48.2 Å². The molecule has 0 aromatic heterocycles. The number of hydrogen-bond donors (Lipinski definition) is 2. The molecule has 0 atom stereocenters. The second kappa shape index (κ2) is 12.7. The molecule has 0 saturated carbocycles. The summed E-state index contributed by atoms with van der Waals surface area (Å²) in [5, 5.41) is 6.32. The smallest absolute Gasteiger partial charge is 0.195 e. The van der Waals surface area contributed by atoms with Crippen molar-refractivity contribution in [2.45, 2.75) is 26.4 Å². The largest absolute Gasteiger partial charge is 0.491 e. The van der Waals surface area contributed by atoms with Gasteiger partial charge in [0.15, 0.2) is 5.96 Å². The van der Waals surface area contributed by atoms with E-state index in [1.807, 2.05) is 44.2 Å². The standard InChI is InChI=1S/C21H28FN3O3S.HI/c1-16(2)28-20-9-7-19(8-10-20)25-21(24-13-14-29(3,26)27)23-12-11-17-5-4-6-18(22)15-17;/h4-10,15-16H,11-14H2,1-3H3,(H2,23,24,25);1H. The van der Waals surface area contributed by atoms with E-state index in [4.69, 9.17) is 4.74 Å². The van der Waals surface area contributed by atoms with Crippen LogP contribution < -0.4 is 15.4 Å². The number of benzene rings is 2. The molecule has 0 aliphatic heterocycles. The van der Waals surface area contributed by atoms with Crippen molar-refractivity contribution in [3.8, 4) is 5.75 Å². The molecule has 0 aliphatic rings. The molecule has 2 rings (SSSR count). The van der Waals surface area contributed by atoms with Gasteiger partial charge in [-0.05, 0) is 62.2 Å². The summed E-state index contributed by atoms with van der Waals surface area (Å²) in [6, 6.07) is 13.8. The Morgan fingerprint density at radius 2 is 1.87 bits per heavy atom. The fraction of sp³-hybridized carbons (Fsp3) is 0.381. The number of nitrogens with one attached hydrogen (secondary N) is 2. The first-order valence-corrected chi connectivity index (χ1v) is 11.5. The molecule has 30 heavy (non-hydrogen) atoms. The molecule has 0 unspecified atom stereocenters. The maximum Gasteiger partial charge on any atom is 0.195 e. The SMILES string of the molecule is CC(C)Oc1ccc(NC(=NCCS(C)(=O)=O)NCCc2cccc(F)c2)cc1.I. The molecule has 6 nitrogen and oxygen atoms in total. The van der Waals surface area contributed by atoms with Gasteiger partial charge in [0.2, 0.25) is 0 Å². The van der Waals surface area contributed by atoms with Crippen LogP contribution in [0.3, 0.4) is 0 Å². The van der Waals surface area contributed by atoms with Gasteiger partial charge < -0.3 is 15.4 Å². The maximum absolute atomic E-state index is 13.3. The molecule has 0 bridgehead atoms. The topological polar surface area (TPSA) is 79.8 Å². The predicted molar refractivity (Wildman–Crippen MR) is 131 cm³/mol. The summed E-state index contributed by atoms with van der Waals surface area (Å²) in [6.45, 7) is 4.58. The molecule has 0 radical (unpaired) electrons. The van der Waals surface area contributed by atoms with Crippen LogP contribution >= 0.6 is 24.0 Å². The van der Waals surface area contributed by atoms with Crippen molar-refractivity contribution in [3.63, 3.8) is 0 Å². The van der Waals surface area contributed by atoms with Gasteiger partial charge in [-0.2, -0.15) is 0 Å². The van der Waals surface area contributed by atoms with E-state index in [1.54, 1.807) is 6.07 Å². The molecule has 0 fully saturated rings. The summed E-state index contributed by atoms with van der Waals surface area (Å²) in [5.41, 5.74) is 1.65. The van der Waals surface area contributed by atoms with Gasteiger partial charge in [-0.25, -0.2) is 12.8 Å². The summed E-state index contributed by atoms with van der Waals surface area (Å²) in [7, 11) is -3.10. The second-order valence-corrected chi connectivity index (χ2v) is 9.24. The Hall–Kier alpha value is -1.88. The summed E-state index contributed by atoms with van der Waals surface area (Å²) in [6.07, 6.45) is 1.87. The van der Waals surface area contributed by atoms with Crippen LogP contribution in [0.1, 0.15) is 19.4 Å². The molecule has 0 saturated heterocycles. The zero-order valence-corrected chi connectivity index (χ0v) is 20.5. The van der Waals surface area contributed by atoms with Crippen LogP contribution in [0.5, 0.6) is 5.75 Å². The number of anilines is 1. The zero-order chi connectivity index (χ0) is 21.3. The Bertz CT molecular complexity index is 919. The highest BCUT2D eigenvalue weighted by Crippen LogP contribution is 2.16. The monoisotopic (exact) mass is 549 g/mol. The lowest BCUT2D eigenvalue weighted by molar-refractivity contribution is 0.242. The van der Waals surface area contributed by atoms with Gasteiger partial charge in [-0.1, -0.05) is 12.1 Å². The summed E-state index contributed by atoms with van der Waals surface area (Å²) >= 11 is 0. The highest BCUT2D eigenvalue weighted by molar-refractivity contribution is 14.0. The maximum atomic E-state index is 13.3. The number of halogens is 2. The molecular weight excluding hydrogens is 520 g/mol.